The van der Waals surface area contributed by atoms with Gasteiger partial charge in [-0.1, -0.05) is 6.92 Å². The summed E-state index contributed by atoms with van der Waals surface area (Å²) < 4.78 is 0. The minimum Gasteiger partial charge on any atom is -0.343 e. The van der Waals surface area contributed by atoms with Gasteiger partial charge in [-0.05, 0) is 63.2 Å². The Balaban J connectivity index is 1.48. The second kappa shape index (κ2) is 6.05. The zero-order chi connectivity index (χ0) is 14.1. The Labute approximate surface area is 123 Å². The Bertz CT molecular complexity index is 337. The van der Waals surface area contributed by atoms with Crippen molar-refractivity contribution in [3.05, 3.63) is 0 Å². The molecular formula is C17H30N2O. The summed E-state index contributed by atoms with van der Waals surface area (Å²) in [5, 5.41) is 3.67. The lowest BCUT2D eigenvalue weighted by Gasteiger charge is -2.35. The molecule has 2 saturated heterocycles. The third kappa shape index (κ3) is 3.19. The van der Waals surface area contributed by atoms with E-state index in [9.17, 15) is 4.79 Å². The molecule has 0 radical (unpaired) electrons. The van der Waals surface area contributed by atoms with Gasteiger partial charge in [0.25, 0.3) is 0 Å². The fourth-order valence-electron chi connectivity index (χ4n) is 4.57. The molecule has 3 fully saturated rings. The molecule has 0 aromatic heterocycles. The van der Waals surface area contributed by atoms with Crippen LogP contribution in [-0.2, 0) is 4.79 Å². The van der Waals surface area contributed by atoms with Gasteiger partial charge in [-0.2, -0.15) is 0 Å². The number of fused-ring (bicyclic) bond motifs is 2. The van der Waals surface area contributed by atoms with Crippen LogP contribution in [0.2, 0.25) is 0 Å². The van der Waals surface area contributed by atoms with Gasteiger partial charge in [-0.25, -0.2) is 0 Å². The Hall–Kier alpha value is -0.570. The number of hydrogen-bond acceptors (Lipinski definition) is 2. The molecule has 2 bridgehead atoms. The molecule has 0 aromatic rings. The number of nitrogens with zero attached hydrogens (tertiary/aromatic N) is 1. The Morgan fingerprint density at radius 2 is 1.65 bits per heavy atom. The monoisotopic (exact) mass is 278 g/mol. The highest BCUT2D eigenvalue weighted by Gasteiger charge is 2.35. The smallest absolute Gasteiger partial charge is 0.222 e. The van der Waals surface area contributed by atoms with E-state index in [0.29, 0.717) is 30.0 Å². The summed E-state index contributed by atoms with van der Waals surface area (Å²) >= 11 is 0. The van der Waals surface area contributed by atoms with Crippen molar-refractivity contribution in [3.63, 3.8) is 0 Å². The molecule has 2 unspecified atom stereocenters. The fraction of sp³-hybridized carbons (Fsp3) is 0.941. The van der Waals surface area contributed by atoms with Crippen molar-refractivity contribution in [2.75, 3.05) is 7.05 Å². The van der Waals surface area contributed by atoms with Gasteiger partial charge in [0.2, 0.25) is 5.91 Å². The minimum absolute atomic E-state index is 0.399. The van der Waals surface area contributed by atoms with E-state index in [1.165, 1.54) is 51.4 Å². The van der Waals surface area contributed by atoms with Gasteiger partial charge in [0.15, 0.2) is 0 Å². The average Bonchev–Trinajstić information content (AvgIpc) is 2.78. The normalized spacial score (nSPS) is 40.6. The molecule has 1 saturated carbocycles. The fourth-order valence-corrected chi connectivity index (χ4v) is 4.57. The molecule has 1 amide bonds. The Morgan fingerprint density at radius 1 is 1.05 bits per heavy atom. The van der Waals surface area contributed by atoms with E-state index in [1.807, 2.05) is 7.05 Å². The molecule has 3 heteroatoms. The lowest BCUT2D eigenvalue weighted by molar-refractivity contribution is -0.134. The third-order valence-corrected chi connectivity index (χ3v) is 5.96. The maximum Gasteiger partial charge on any atom is 0.222 e. The maximum atomic E-state index is 12.5. The molecule has 2 atom stereocenters. The van der Waals surface area contributed by atoms with Gasteiger partial charge >= 0.3 is 0 Å². The lowest BCUT2D eigenvalue weighted by Crippen LogP contribution is -2.43. The predicted molar refractivity (Wildman–Crippen MR) is 81.5 cm³/mol. The molecule has 3 aliphatic rings. The van der Waals surface area contributed by atoms with Crippen molar-refractivity contribution < 1.29 is 4.79 Å². The van der Waals surface area contributed by atoms with Crippen LogP contribution in [0.1, 0.15) is 64.7 Å². The highest BCUT2D eigenvalue weighted by atomic mass is 16.2. The van der Waals surface area contributed by atoms with Crippen LogP contribution >= 0.6 is 0 Å². The molecule has 114 valence electrons. The first-order valence-electron chi connectivity index (χ1n) is 8.63. The van der Waals surface area contributed by atoms with Crippen LogP contribution in [0.25, 0.3) is 0 Å². The molecular weight excluding hydrogens is 248 g/mol. The van der Waals surface area contributed by atoms with Crippen LogP contribution in [-0.4, -0.2) is 36.0 Å². The summed E-state index contributed by atoms with van der Waals surface area (Å²) in [6.45, 7) is 2.34. The Kier molecular flexibility index (Phi) is 4.34. The molecule has 1 aliphatic carbocycles. The van der Waals surface area contributed by atoms with Crippen LogP contribution in [0.3, 0.4) is 0 Å². The number of piperidine rings is 1. The molecule has 2 heterocycles. The Morgan fingerprint density at radius 3 is 2.25 bits per heavy atom. The van der Waals surface area contributed by atoms with Crippen molar-refractivity contribution in [1.82, 2.24) is 10.2 Å². The second-order valence-corrected chi connectivity index (χ2v) is 7.60. The number of carbonyl (C=O) groups is 1. The van der Waals surface area contributed by atoms with Crippen LogP contribution < -0.4 is 5.32 Å². The molecule has 2 aliphatic heterocycles. The maximum absolute atomic E-state index is 12.5. The van der Waals surface area contributed by atoms with Crippen LogP contribution in [0.5, 0.6) is 0 Å². The van der Waals surface area contributed by atoms with E-state index in [0.717, 1.165) is 12.3 Å². The van der Waals surface area contributed by atoms with Gasteiger partial charge in [-0.15, -0.1) is 0 Å². The summed E-state index contributed by atoms with van der Waals surface area (Å²) in [7, 11) is 2.04. The van der Waals surface area contributed by atoms with Crippen molar-refractivity contribution in [2.45, 2.75) is 82.8 Å². The van der Waals surface area contributed by atoms with Gasteiger partial charge in [0, 0.05) is 31.6 Å². The van der Waals surface area contributed by atoms with Crippen molar-refractivity contribution in [1.29, 1.82) is 0 Å². The lowest BCUT2D eigenvalue weighted by atomic mass is 9.85. The molecule has 0 aromatic carbocycles. The first-order chi connectivity index (χ1) is 9.61. The first-order valence-corrected chi connectivity index (χ1v) is 8.63. The SMILES string of the molecule is CC1CCC(N(C)C(=O)CC2CC3CCC(C2)N3)CC1. The summed E-state index contributed by atoms with van der Waals surface area (Å²) in [6.07, 6.45) is 10.9. The van der Waals surface area contributed by atoms with E-state index in [1.54, 1.807) is 0 Å². The van der Waals surface area contributed by atoms with E-state index in [2.05, 4.69) is 17.1 Å². The standard InChI is InChI=1S/C17H30N2O/c1-12-3-7-16(8-4-12)19(2)17(20)11-13-9-14-5-6-15(10-13)18-14/h12-16,18H,3-11H2,1-2H3. The van der Waals surface area contributed by atoms with E-state index in [4.69, 9.17) is 0 Å². The third-order valence-electron chi connectivity index (χ3n) is 5.96. The highest BCUT2D eigenvalue weighted by molar-refractivity contribution is 5.76. The number of hydrogen-bond donors (Lipinski definition) is 1. The highest BCUT2D eigenvalue weighted by Crippen LogP contribution is 2.33. The summed E-state index contributed by atoms with van der Waals surface area (Å²) in [5.41, 5.74) is 0. The van der Waals surface area contributed by atoms with E-state index >= 15 is 0 Å². The zero-order valence-electron chi connectivity index (χ0n) is 13.1. The quantitative estimate of drug-likeness (QED) is 0.861. The van der Waals surface area contributed by atoms with Gasteiger partial charge < -0.3 is 10.2 Å². The number of amides is 1. The van der Waals surface area contributed by atoms with Gasteiger partial charge in [0.1, 0.15) is 0 Å². The first kappa shape index (κ1) is 14.4. The van der Waals surface area contributed by atoms with E-state index < -0.39 is 0 Å². The minimum atomic E-state index is 0.399. The molecule has 1 N–H and O–H groups in total. The number of nitrogens with one attached hydrogen (secondary N) is 1. The second-order valence-electron chi connectivity index (χ2n) is 7.60. The number of carbonyl (C=O) groups excluding carboxylic acids is 1. The zero-order valence-corrected chi connectivity index (χ0v) is 13.1. The van der Waals surface area contributed by atoms with Gasteiger partial charge in [-0.3, -0.25) is 4.79 Å². The van der Waals surface area contributed by atoms with Crippen LogP contribution in [0.4, 0.5) is 0 Å². The largest absolute Gasteiger partial charge is 0.343 e. The predicted octanol–water partition coefficient (Wildman–Crippen LogP) is 2.94. The van der Waals surface area contributed by atoms with Crippen LogP contribution in [0.15, 0.2) is 0 Å². The number of rotatable bonds is 3. The topological polar surface area (TPSA) is 32.3 Å². The van der Waals surface area contributed by atoms with Crippen molar-refractivity contribution >= 4 is 5.91 Å². The van der Waals surface area contributed by atoms with Crippen molar-refractivity contribution in [2.24, 2.45) is 11.8 Å². The van der Waals surface area contributed by atoms with Crippen LogP contribution in [0, 0.1) is 11.8 Å². The summed E-state index contributed by atoms with van der Waals surface area (Å²) in [6, 6.07) is 1.91. The van der Waals surface area contributed by atoms with Crippen molar-refractivity contribution in [3.8, 4) is 0 Å². The van der Waals surface area contributed by atoms with E-state index in [-0.39, 0.29) is 0 Å². The van der Waals surface area contributed by atoms with Gasteiger partial charge in [0.05, 0.1) is 0 Å². The molecule has 3 nitrogen and oxygen atoms in total. The summed E-state index contributed by atoms with van der Waals surface area (Å²) in [5.74, 6) is 1.89. The average molecular weight is 278 g/mol. The molecule has 20 heavy (non-hydrogen) atoms. The molecule has 0 spiro atoms. The summed E-state index contributed by atoms with van der Waals surface area (Å²) in [4.78, 5) is 14.6. The molecule has 3 rings (SSSR count).